The number of aromatic hydroxyl groups is 2. The van der Waals surface area contributed by atoms with Gasteiger partial charge < -0.3 is 20.3 Å². The Balaban J connectivity index is 0.00000484. The Morgan fingerprint density at radius 2 is 1.55 bits per heavy atom. The molecule has 0 atom stereocenters. The van der Waals surface area contributed by atoms with Crippen molar-refractivity contribution in [2.75, 3.05) is 35.5 Å². The maximum atomic E-state index is 13.1. The standard InChI is InChI=1S/C30H38N4O6S.ClH/c1-3-4-15-34(25-18-26(35)20-27(36)19-25)30(37)31-23-13-16-33(17-14-23)21-22-5-9-28(10-6-22)40-29-11-7-24(8-12-29)32-41(2,38)39;/h5-12,18-20,23,32,35-36H,3-4,13-17,21H2,1-2H3,(H,31,37);1H. The number of amides is 2. The highest BCUT2D eigenvalue weighted by molar-refractivity contribution is 7.92. The smallest absolute Gasteiger partial charge is 0.322 e. The number of phenols is 2. The number of hydrogen-bond acceptors (Lipinski definition) is 7. The molecule has 1 heterocycles. The lowest BCUT2D eigenvalue weighted by Crippen LogP contribution is -2.49. The predicted octanol–water partition coefficient (Wildman–Crippen LogP) is 5.66. The molecule has 1 saturated heterocycles. The Labute approximate surface area is 253 Å². The number of rotatable bonds is 11. The number of halogens is 1. The summed E-state index contributed by atoms with van der Waals surface area (Å²) in [7, 11) is -3.33. The molecule has 0 saturated carbocycles. The molecule has 0 radical (unpaired) electrons. The molecule has 0 aromatic heterocycles. The van der Waals surface area contributed by atoms with Crippen LogP contribution in [0.4, 0.5) is 16.2 Å². The molecule has 1 fully saturated rings. The summed E-state index contributed by atoms with van der Waals surface area (Å²) in [6, 6.07) is 18.6. The number of anilines is 2. The van der Waals surface area contributed by atoms with Crippen molar-refractivity contribution in [2.45, 2.75) is 45.2 Å². The number of carbonyl (C=O) groups excluding carboxylic acids is 1. The van der Waals surface area contributed by atoms with Gasteiger partial charge in [0.2, 0.25) is 10.0 Å². The SMILES string of the molecule is CCCCN(C(=O)NC1CCN(Cc2ccc(Oc3ccc(NS(C)(=O)=O)cc3)cc2)CC1)c1cc(O)cc(O)c1.Cl. The van der Waals surface area contributed by atoms with Crippen LogP contribution in [-0.4, -0.2) is 61.5 Å². The zero-order valence-corrected chi connectivity index (χ0v) is 25.5. The molecular weight excluding hydrogens is 580 g/mol. The summed E-state index contributed by atoms with van der Waals surface area (Å²) in [6.45, 7) is 5.03. The molecular formula is C30H39ClN4O6S. The van der Waals surface area contributed by atoms with Gasteiger partial charge in [0, 0.05) is 56.1 Å². The van der Waals surface area contributed by atoms with Crippen molar-refractivity contribution in [3.05, 3.63) is 72.3 Å². The maximum Gasteiger partial charge on any atom is 0.322 e. The zero-order chi connectivity index (χ0) is 29.4. The molecule has 10 nitrogen and oxygen atoms in total. The average Bonchev–Trinajstić information content (AvgIpc) is 2.91. The third-order valence-electron chi connectivity index (χ3n) is 6.82. The Morgan fingerprint density at radius 1 is 0.976 bits per heavy atom. The number of likely N-dealkylation sites (tertiary alicyclic amines) is 1. The molecule has 4 N–H and O–H groups in total. The summed E-state index contributed by atoms with van der Waals surface area (Å²) >= 11 is 0. The molecule has 0 aliphatic carbocycles. The quantitative estimate of drug-likeness (QED) is 0.218. The van der Waals surface area contributed by atoms with Gasteiger partial charge in [0.15, 0.2) is 0 Å². The summed E-state index contributed by atoms with van der Waals surface area (Å²) in [4.78, 5) is 17.1. The molecule has 0 unspecified atom stereocenters. The second kappa shape index (κ2) is 15.0. The first-order chi connectivity index (χ1) is 19.6. The van der Waals surface area contributed by atoms with E-state index in [1.54, 1.807) is 29.2 Å². The highest BCUT2D eigenvalue weighted by Gasteiger charge is 2.24. The summed E-state index contributed by atoms with van der Waals surface area (Å²) in [5.74, 6) is 1.13. The Hall–Kier alpha value is -3.67. The first kappa shape index (κ1) is 32.8. The number of ether oxygens (including phenoxy) is 1. The number of piperidine rings is 1. The summed E-state index contributed by atoms with van der Waals surface area (Å²) in [5.41, 5.74) is 2.10. The van der Waals surface area contributed by atoms with Crippen LogP contribution in [0, 0.1) is 0 Å². The van der Waals surface area contributed by atoms with Crippen LogP contribution in [0.2, 0.25) is 0 Å². The molecule has 1 aliphatic heterocycles. The highest BCUT2D eigenvalue weighted by atomic mass is 35.5. The van der Waals surface area contributed by atoms with E-state index in [1.807, 2.05) is 31.2 Å². The van der Waals surface area contributed by atoms with Gasteiger partial charge in [-0.15, -0.1) is 12.4 Å². The van der Waals surface area contributed by atoms with Crippen LogP contribution < -0.4 is 19.7 Å². The van der Waals surface area contributed by atoms with E-state index >= 15 is 0 Å². The van der Waals surface area contributed by atoms with Crippen molar-refractivity contribution in [1.29, 1.82) is 0 Å². The van der Waals surface area contributed by atoms with Gasteiger partial charge in [0.25, 0.3) is 0 Å². The summed E-state index contributed by atoms with van der Waals surface area (Å²) < 4.78 is 31.0. The number of nitrogens with one attached hydrogen (secondary N) is 2. The minimum absolute atomic E-state index is 0. The van der Waals surface area contributed by atoms with Gasteiger partial charge in [-0.2, -0.15) is 0 Å². The monoisotopic (exact) mass is 618 g/mol. The Morgan fingerprint density at radius 3 is 2.10 bits per heavy atom. The molecule has 4 rings (SSSR count). The fourth-order valence-electron chi connectivity index (χ4n) is 4.75. The maximum absolute atomic E-state index is 13.1. The van der Waals surface area contributed by atoms with E-state index in [-0.39, 0.29) is 36.0 Å². The number of benzene rings is 3. The molecule has 2 amide bonds. The number of carbonyl (C=O) groups is 1. The number of hydrogen-bond donors (Lipinski definition) is 4. The van der Waals surface area contributed by atoms with Crippen LogP contribution in [0.5, 0.6) is 23.0 Å². The number of nitrogens with zero attached hydrogens (tertiary/aromatic N) is 2. The normalized spacial score (nSPS) is 14.0. The van der Waals surface area contributed by atoms with E-state index in [2.05, 4.69) is 14.9 Å². The van der Waals surface area contributed by atoms with Gasteiger partial charge in [0.1, 0.15) is 23.0 Å². The van der Waals surface area contributed by atoms with E-state index in [0.717, 1.165) is 57.1 Å². The van der Waals surface area contributed by atoms with Crippen LogP contribution in [0.15, 0.2) is 66.7 Å². The van der Waals surface area contributed by atoms with Crippen molar-refractivity contribution >= 4 is 39.8 Å². The topological polar surface area (TPSA) is 131 Å². The molecule has 42 heavy (non-hydrogen) atoms. The third kappa shape index (κ3) is 10.0. The van der Waals surface area contributed by atoms with Gasteiger partial charge in [-0.25, -0.2) is 13.2 Å². The number of unbranched alkanes of at least 4 members (excludes halogenated alkanes) is 1. The minimum atomic E-state index is -3.33. The zero-order valence-electron chi connectivity index (χ0n) is 23.8. The van der Waals surface area contributed by atoms with Gasteiger partial charge in [-0.1, -0.05) is 25.5 Å². The molecule has 1 aliphatic rings. The van der Waals surface area contributed by atoms with Crippen LogP contribution in [0.25, 0.3) is 0 Å². The fraction of sp³-hybridized carbons (Fsp3) is 0.367. The van der Waals surface area contributed by atoms with Gasteiger partial charge in [-0.3, -0.25) is 14.5 Å². The molecule has 3 aromatic rings. The lowest BCUT2D eigenvalue weighted by Gasteiger charge is -2.34. The van der Waals surface area contributed by atoms with Crippen LogP contribution in [0.1, 0.15) is 38.2 Å². The first-order valence-electron chi connectivity index (χ1n) is 13.8. The van der Waals surface area contributed by atoms with Crippen LogP contribution >= 0.6 is 12.4 Å². The highest BCUT2D eigenvalue weighted by Crippen LogP contribution is 2.28. The van der Waals surface area contributed by atoms with E-state index in [9.17, 15) is 23.4 Å². The summed E-state index contributed by atoms with van der Waals surface area (Å²) in [6.07, 6.45) is 4.48. The Bertz CT molecular complexity index is 1390. The second-order valence-corrected chi connectivity index (χ2v) is 12.1. The molecule has 12 heteroatoms. The van der Waals surface area contributed by atoms with Gasteiger partial charge in [-0.05, 0) is 61.2 Å². The van der Waals surface area contributed by atoms with Crippen molar-refractivity contribution in [3.63, 3.8) is 0 Å². The number of urea groups is 1. The number of sulfonamides is 1. The second-order valence-electron chi connectivity index (χ2n) is 10.4. The van der Waals surface area contributed by atoms with E-state index in [4.69, 9.17) is 4.74 Å². The largest absolute Gasteiger partial charge is 0.508 e. The van der Waals surface area contributed by atoms with Gasteiger partial charge >= 0.3 is 6.03 Å². The van der Waals surface area contributed by atoms with Crippen LogP contribution in [0.3, 0.4) is 0 Å². The van der Waals surface area contributed by atoms with E-state index in [1.165, 1.54) is 18.2 Å². The number of phenolic OH excluding ortho intramolecular Hbond substituents is 2. The molecule has 0 spiro atoms. The molecule has 3 aromatic carbocycles. The lowest BCUT2D eigenvalue weighted by atomic mass is 10.0. The predicted molar refractivity (Wildman–Crippen MR) is 168 cm³/mol. The van der Waals surface area contributed by atoms with Crippen molar-refractivity contribution in [2.24, 2.45) is 0 Å². The first-order valence-corrected chi connectivity index (χ1v) is 15.6. The van der Waals surface area contributed by atoms with E-state index < -0.39 is 10.0 Å². The van der Waals surface area contributed by atoms with Crippen molar-refractivity contribution in [1.82, 2.24) is 10.2 Å². The van der Waals surface area contributed by atoms with E-state index in [0.29, 0.717) is 29.4 Å². The van der Waals surface area contributed by atoms with Crippen molar-refractivity contribution < 1.29 is 28.2 Å². The third-order valence-corrected chi connectivity index (χ3v) is 7.42. The summed E-state index contributed by atoms with van der Waals surface area (Å²) in [5, 5.41) is 22.9. The lowest BCUT2D eigenvalue weighted by molar-refractivity contribution is 0.188. The van der Waals surface area contributed by atoms with Crippen LogP contribution in [-0.2, 0) is 16.6 Å². The fourth-order valence-corrected chi connectivity index (χ4v) is 5.31. The van der Waals surface area contributed by atoms with Gasteiger partial charge in [0.05, 0.1) is 11.9 Å². The van der Waals surface area contributed by atoms with Crippen molar-refractivity contribution in [3.8, 4) is 23.0 Å². The molecule has 0 bridgehead atoms. The minimum Gasteiger partial charge on any atom is -0.508 e. The Kier molecular flexibility index (Phi) is 11.7. The average molecular weight is 619 g/mol. The molecule has 228 valence electrons.